The molecular weight excluding hydrogens is 491 g/mol. The van der Waals surface area contributed by atoms with Crippen LogP contribution in [0.4, 0.5) is 5.69 Å². The fraction of sp³-hybridized carbons (Fsp3) is 0.0500. The van der Waals surface area contributed by atoms with Crippen molar-refractivity contribution in [2.75, 3.05) is 12.4 Å². The predicted molar refractivity (Wildman–Crippen MR) is 118 cm³/mol. The van der Waals surface area contributed by atoms with Gasteiger partial charge in [-0.1, -0.05) is 17.7 Å². The molecule has 28 heavy (non-hydrogen) atoms. The van der Waals surface area contributed by atoms with Gasteiger partial charge in [0.15, 0.2) is 0 Å². The first-order chi connectivity index (χ1) is 13.5. The first kappa shape index (κ1) is 18.7. The molecule has 0 saturated carbocycles. The molecular formula is C20H14ClIN4O2. The average Bonchev–Trinajstić information content (AvgIpc) is 3.11. The number of aromatic nitrogens is 3. The summed E-state index contributed by atoms with van der Waals surface area (Å²) in [7, 11) is 1.56. The molecule has 1 aromatic heterocycles. The number of amides is 1. The molecule has 4 aromatic rings. The van der Waals surface area contributed by atoms with Crippen LogP contribution in [0.15, 0.2) is 60.7 Å². The number of benzene rings is 3. The van der Waals surface area contributed by atoms with Gasteiger partial charge in [-0.2, -0.15) is 4.80 Å². The Balaban J connectivity index is 1.61. The maximum absolute atomic E-state index is 12.4. The highest BCUT2D eigenvalue weighted by Crippen LogP contribution is 2.27. The zero-order valence-electron chi connectivity index (χ0n) is 14.7. The minimum absolute atomic E-state index is 0.174. The predicted octanol–water partition coefficient (Wildman–Crippen LogP) is 4.94. The maximum atomic E-state index is 12.4. The number of fused-ring (bicyclic) bond motifs is 1. The second-order valence-electron chi connectivity index (χ2n) is 5.98. The number of ether oxygens (including phenoxy) is 1. The molecule has 140 valence electrons. The van der Waals surface area contributed by atoms with Crippen LogP contribution in [-0.4, -0.2) is 28.0 Å². The molecule has 1 heterocycles. The van der Waals surface area contributed by atoms with E-state index in [4.69, 9.17) is 16.3 Å². The highest BCUT2D eigenvalue weighted by atomic mass is 127. The van der Waals surface area contributed by atoms with Gasteiger partial charge in [0.25, 0.3) is 5.91 Å². The van der Waals surface area contributed by atoms with Crippen molar-refractivity contribution in [3.8, 4) is 11.4 Å². The number of hydrogen-bond donors (Lipinski definition) is 1. The Morgan fingerprint density at radius 3 is 2.64 bits per heavy atom. The molecule has 0 saturated heterocycles. The van der Waals surface area contributed by atoms with Crippen molar-refractivity contribution in [3.63, 3.8) is 0 Å². The number of carbonyl (C=O) groups is 1. The lowest BCUT2D eigenvalue weighted by atomic mass is 10.2. The van der Waals surface area contributed by atoms with Crippen molar-refractivity contribution in [3.05, 3.63) is 74.8 Å². The minimum Gasteiger partial charge on any atom is -0.495 e. The van der Waals surface area contributed by atoms with Crippen LogP contribution in [0.2, 0.25) is 5.02 Å². The molecule has 0 unspecified atom stereocenters. The largest absolute Gasteiger partial charge is 0.495 e. The fourth-order valence-electron chi connectivity index (χ4n) is 2.72. The van der Waals surface area contributed by atoms with Crippen LogP contribution in [-0.2, 0) is 0 Å². The second kappa shape index (κ2) is 7.76. The van der Waals surface area contributed by atoms with E-state index in [0.717, 1.165) is 3.57 Å². The minimum atomic E-state index is -0.174. The molecule has 4 rings (SSSR count). The second-order valence-corrected chi connectivity index (χ2v) is 7.63. The Morgan fingerprint density at radius 1 is 1.07 bits per heavy atom. The van der Waals surface area contributed by atoms with Gasteiger partial charge >= 0.3 is 0 Å². The van der Waals surface area contributed by atoms with E-state index in [1.807, 2.05) is 30.3 Å². The Bertz CT molecular complexity index is 1190. The molecule has 0 fully saturated rings. The van der Waals surface area contributed by atoms with Crippen molar-refractivity contribution < 1.29 is 9.53 Å². The van der Waals surface area contributed by atoms with E-state index in [9.17, 15) is 4.79 Å². The SMILES string of the molecule is COc1ccc(-n2nc3ccc(NC(=O)c4cccc(I)c4)cc3n2)cc1Cl. The van der Waals surface area contributed by atoms with Crippen molar-refractivity contribution in [1.82, 2.24) is 15.0 Å². The van der Waals surface area contributed by atoms with E-state index >= 15 is 0 Å². The molecule has 6 nitrogen and oxygen atoms in total. The van der Waals surface area contributed by atoms with Crippen molar-refractivity contribution >= 4 is 56.8 Å². The number of methoxy groups -OCH3 is 1. The highest BCUT2D eigenvalue weighted by Gasteiger charge is 2.11. The molecule has 0 aliphatic carbocycles. The number of rotatable bonds is 4. The zero-order chi connectivity index (χ0) is 19.7. The van der Waals surface area contributed by atoms with Crippen LogP contribution >= 0.6 is 34.2 Å². The van der Waals surface area contributed by atoms with Crippen LogP contribution in [0, 0.1) is 3.57 Å². The summed E-state index contributed by atoms with van der Waals surface area (Å²) >= 11 is 8.37. The van der Waals surface area contributed by atoms with Crippen LogP contribution in [0.3, 0.4) is 0 Å². The molecule has 1 N–H and O–H groups in total. The number of carbonyl (C=O) groups excluding carboxylic acids is 1. The van der Waals surface area contributed by atoms with E-state index in [2.05, 4.69) is 38.1 Å². The molecule has 0 aliphatic rings. The van der Waals surface area contributed by atoms with Crippen LogP contribution in [0.25, 0.3) is 16.7 Å². The standard InChI is InChI=1S/C20H14ClIN4O2/c1-28-19-8-6-15(11-16(19)21)26-24-17-7-5-14(10-18(17)25-26)23-20(27)12-3-2-4-13(22)9-12/h2-11H,1H3,(H,23,27). The quantitative estimate of drug-likeness (QED) is 0.400. The third-order valence-corrected chi connectivity index (χ3v) is 5.06. The van der Waals surface area contributed by atoms with Crippen molar-refractivity contribution in [2.24, 2.45) is 0 Å². The van der Waals surface area contributed by atoms with Gasteiger partial charge in [0.1, 0.15) is 16.8 Å². The van der Waals surface area contributed by atoms with E-state index in [-0.39, 0.29) is 5.91 Å². The summed E-state index contributed by atoms with van der Waals surface area (Å²) in [5, 5.41) is 12.3. The molecule has 3 aromatic carbocycles. The van der Waals surface area contributed by atoms with Gasteiger partial charge in [0.2, 0.25) is 0 Å². The number of hydrogen-bond acceptors (Lipinski definition) is 4. The van der Waals surface area contributed by atoms with Gasteiger partial charge in [-0.15, -0.1) is 10.2 Å². The molecule has 8 heteroatoms. The van der Waals surface area contributed by atoms with Gasteiger partial charge in [-0.25, -0.2) is 0 Å². The molecule has 0 atom stereocenters. The summed E-state index contributed by atoms with van der Waals surface area (Å²) in [6, 6.07) is 18.1. The highest BCUT2D eigenvalue weighted by molar-refractivity contribution is 14.1. The Hall–Kier alpha value is -2.65. The molecule has 0 spiro atoms. The summed E-state index contributed by atoms with van der Waals surface area (Å²) in [4.78, 5) is 13.9. The van der Waals surface area contributed by atoms with Gasteiger partial charge in [0.05, 0.1) is 17.8 Å². The Morgan fingerprint density at radius 2 is 1.89 bits per heavy atom. The van der Waals surface area contributed by atoms with Crippen LogP contribution < -0.4 is 10.1 Å². The van der Waals surface area contributed by atoms with Gasteiger partial charge in [0, 0.05) is 14.8 Å². The lowest BCUT2D eigenvalue weighted by Gasteiger charge is -2.05. The Kier molecular flexibility index (Phi) is 5.19. The van der Waals surface area contributed by atoms with E-state index in [0.29, 0.717) is 38.7 Å². The average molecular weight is 505 g/mol. The first-order valence-electron chi connectivity index (χ1n) is 8.31. The lowest BCUT2D eigenvalue weighted by molar-refractivity contribution is 0.102. The van der Waals surface area contributed by atoms with E-state index in [1.54, 1.807) is 37.4 Å². The Labute approximate surface area is 179 Å². The molecule has 0 aliphatic heterocycles. The van der Waals surface area contributed by atoms with Crippen LogP contribution in [0.5, 0.6) is 5.75 Å². The van der Waals surface area contributed by atoms with Crippen molar-refractivity contribution in [2.45, 2.75) is 0 Å². The summed E-state index contributed by atoms with van der Waals surface area (Å²) < 4.78 is 6.17. The fourth-order valence-corrected chi connectivity index (χ4v) is 3.52. The number of nitrogens with one attached hydrogen (secondary N) is 1. The zero-order valence-corrected chi connectivity index (χ0v) is 17.6. The smallest absolute Gasteiger partial charge is 0.255 e. The number of anilines is 1. The maximum Gasteiger partial charge on any atom is 0.255 e. The van der Waals surface area contributed by atoms with Gasteiger partial charge in [-0.05, 0) is 77.2 Å². The van der Waals surface area contributed by atoms with Gasteiger partial charge in [-0.3, -0.25) is 4.79 Å². The van der Waals surface area contributed by atoms with Crippen molar-refractivity contribution in [1.29, 1.82) is 0 Å². The third-order valence-electron chi connectivity index (χ3n) is 4.09. The topological polar surface area (TPSA) is 69.0 Å². The molecule has 0 bridgehead atoms. The monoisotopic (exact) mass is 504 g/mol. The first-order valence-corrected chi connectivity index (χ1v) is 9.77. The molecule has 0 radical (unpaired) electrons. The summed E-state index contributed by atoms with van der Waals surface area (Å²) in [6.45, 7) is 0. The summed E-state index contributed by atoms with van der Waals surface area (Å²) in [5.74, 6) is 0.412. The van der Waals surface area contributed by atoms with E-state index < -0.39 is 0 Å². The third kappa shape index (κ3) is 3.81. The lowest BCUT2D eigenvalue weighted by Crippen LogP contribution is -2.11. The van der Waals surface area contributed by atoms with Gasteiger partial charge < -0.3 is 10.1 Å². The number of halogens is 2. The molecule has 1 amide bonds. The normalized spacial score (nSPS) is 10.8. The summed E-state index contributed by atoms with van der Waals surface area (Å²) in [5.41, 5.74) is 3.33. The summed E-state index contributed by atoms with van der Waals surface area (Å²) in [6.07, 6.45) is 0. The van der Waals surface area contributed by atoms with E-state index in [1.165, 1.54) is 4.80 Å². The number of nitrogens with zero attached hydrogens (tertiary/aromatic N) is 3. The van der Waals surface area contributed by atoms with Crippen LogP contribution in [0.1, 0.15) is 10.4 Å².